The van der Waals surface area contributed by atoms with Crippen LogP contribution in [0.4, 0.5) is 5.69 Å². The Morgan fingerprint density at radius 2 is 1.86 bits per heavy atom. The van der Waals surface area contributed by atoms with E-state index in [0.29, 0.717) is 25.5 Å². The van der Waals surface area contributed by atoms with Gasteiger partial charge in [0.05, 0.1) is 32.2 Å². The summed E-state index contributed by atoms with van der Waals surface area (Å²) in [7, 11) is 1.65. The zero-order chi connectivity index (χ0) is 20.1. The van der Waals surface area contributed by atoms with Crippen LogP contribution in [0.15, 0.2) is 42.6 Å². The number of nitrogens with zero attached hydrogens (tertiary/aromatic N) is 2. The normalized spacial score (nSPS) is 18.0. The van der Waals surface area contributed by atoms with Crippen molar-refractivity contribution in [2.24, 2.45) is 0 Å². The van der Waals surface area contributed by atoms with Gasteiger partial charge in [-0.2, -0.15) is 0 Å². The topological polar surface area (TPSA) is 72.9 Å². The van der Waals surface area contributed by atoms with Crippen molar-refractivity contribution in [1.29, 1.82) is 0 Å². The zero-order valence-electron chi connectivity index (χ0n) is 16.7. The second-order valence-corrected chi connectivity index (χ2v) is 7.35. The highest BCUT2D eigenvalue weighted by Gasteiger charge is 2.39. The third-order valence-electron chi connectivity index (χ3n) is 5.54. The molecule has 1 aromatic heterocycles. The van der Waals surface area contributed by atoms with Crippen LogP contribution in [-0.4, -0.2) is 56.6 Å². The van der Waals surface area contributed by atoms with Crippen LogP contribution in [0.25, 0.3) is 0 Å². The number of hydrogen-bond acceptors (Lipinski definition) is 6. The fraction of sp³-hybridized carbons (Fsp3) is 0.455. The summed E-state index contributed by atoms with van der Waals surface area (Å²) < 4.78 is 16.7. The van der Waals surface area contributed by atoms with E-state index in [1.54, 1.807) is 19.4 Å². The van der Waals surface area contributed by atoms with Gasteiger partial charge in [0.1, 0.15) is 11.4 Å². The first kappa shape index (κ1) is 19.7. The van der Waals surface area contributed by atoms with Crippen molar-refractivity contribution in [1.82, 2.24) is 10.3 Å². The number of pyridine rings is 1. The minimum absolute atomic E-state index is 0.157. The Hall–Kier alpha value is -2.64. The van der Waals surface area contributed by atoms with E-state index in [1.165, 1.54) is 0 Å². The average molecular weight is 397 g/mol. The Morgan fingerprint density at radius 3 is 2.48 bits per heavy atom. The summed E-state index contributed by atoms with van der Waals surface area (Å²) in [5.74, 6) is 0.290. The van der Waals surface area contributed by atoms with Gasteiger partial charge in [0.15, 0.2) is 5.79 Å². The van der Waals surface area contributed by atoms with Gasteiger partial charge in [0.25, 0.3) is 5.91 Å². The number of amides is 1. The first-order valence-electron chi connectivity index (χ1n) is 10.1. The highest BCUT2D eigenvalue weighted by molar-refractivity contribution is 5.92. The molecule has 2 aliphatic rings. The molecule has 7 nitrogen and oxygen atoms in total. The van der Waals surface area contributed by atoms with Crippen LogP contribution in [0.1, 0.15) is 28.9 Å². The largest absolute Gasteiger partial charge is 0.497 e. The number of aromatic nitrogens is 1. The van der Waals surface area contributed by atoms with Crippen LogP contribution in [0.2, 0.25) is 0 Å². The van der Waals surface area contributed by atoms with Gasteiger partial charge >= 0.3 is 0 Å². The van der Waals surface area contributed by atoms with Gasteiger partial charge in [-0.1, -0.05) is 12.1 Å². The molecule has 0 saturated carbocycles. The van der Waals surface area contributed by atoms with E-state index in [9.17, 15) is 4.79 Å². The summed E-state index contributed by atoms with van der Waals surface area (Å²) in [6.07, 6.45) is 4.22. The standard InChI is InChI=1S/C22H27N3O4/c1-27-19-5-2-17(3-6-19)8-11-23-21(26)20-7-4-18(16-24-20)25-12-9-22(10-13-25)28-14-15-29-22/h2-7,16H,8-15H2,1H3,(H,23,26). The van der Waals surface area contributed by atoms with Crippen molar-refractivity contribution in [3.05, 3.63) is 53.9 Å². The van der Waals surface area contributed by atoms with Crippen LogP contribution in [0, 0.1) is 0 Å². The molecule has 2 saturated heterocycles. The lowest BCUT2D eigenvalue weighted by molar-refractivity contribution is -0.169. The monoisotopic (exact) mass is 397 g/mol. The Bertz CT molecular complexity index is 807. The first-order chi connectivity index (χ1) is 14.2. The van der Waals surface area contributed by atoms with E-state index < -0.39 is 0 Å². The van der Waals surface area contributed by atoms with Crippen LogP contribution in [-0.2, 0) is 15.9 Å². The molecular formula is C22H27N3O4. The minimum atomic E-state index is -0.381. The highest BCUT2D eigenvalue weighted by atomic mass is 16.7. The molecule has 2 aromatic rings. The molecule has 29 heavy (non-hydrogen) atoms. The number of hydrogen-bond donors (Lipinski definition) is 1. The number of carbonyl (C=O) groups excluding carboxylic acids is 1. The SMILES string of the molecule is COc1ccc(CCNC(=O)c2ccc(N3CCC4(CC3)OCCO4)cn2)cc1. The van der Waals surface area contributed by atoms with Crippen LogP contribution in [0.5, 0.6) is 5.75 Å². The van der Waals surface area contributed by atoms with Crippen LogP contribution >= 0.6 is 0 Å². The molecule has 0 radical (unpaired) electrons. The van der Waals surface area contributed by atoms with Crippen molar-refractivity contribution in [3.8, 4) is 5.75 Å². The van der Waals surface area contributed by atoms with Crippen LogP contribution in [0.3, 0.4) is 0 Å². The fourth-order valence-electron chi connectivity index (χ4n) is 3.80. The maximum atomic E-state index is 12.4. The van der Waals surface area contributed by atoms with E-state index in [1.807, 2.05) is 30.3 Å². The Balaban J connectivity index is 1.25. The van der Waals surface area contributed by atoms with Crippen LogP contribution < -0.4 is 15.0 Å². The third-order valence-corrected chi connectivity index (χ3v) is 5.54. The Morgan fingerprint density at radius 1 is 1.14 bits per heavy atom. The summed E-state index contributed by atoms with van der Waals surface area (Å²) >= 11 is 0. The van der Waals surface area contributed by atoms with Gasteiger partial charge in [-0.25, -0.2) is 4.98 Å². The van der Waals surface area contributed by atoms with E-state index in [-0.39, 0.29) is 11.7 Å². The predicted molar refractivity (Wildman–Crippen MR) is 109 cm³/mol. The molecule has 4 rings (SSSR count). The summed E-state index contributed by atoms with van der Waals surface area (Å²) in [6, 6.07) is 11.6. The third kappa shape index (κ3) is 4.68. The number of anilines is 1. The molecule has 1 amide bonds. The lowest BCUT2D eigenvalue weighted by Crippen LogP contribution is -2.45. The number of carbonyl (C=O) groups is 1. The number of rotatable bonds is 6. The Labute approximate surface area is 171 Å². The second kappa shape index (κ2) is 8.80. The lowest BCUT2D eigenvalue weighted by Gasteiger charge is -2.38. The summed E-state index contributed by atoms with van der Waals surface area (Å²) in [5.41, 5.74) is 2.60. The summed E-state index contributed by atoms with van der Waals surface area (Å²) in [4.78, 5) is 19.0. The smallest absolute Gasteiger partial charge is 0.269 e. The summed E-state index contributed by atoms with van der Waals surface area (Å²) in [6.45, 7) is 3.64. The van der Waals surface area contributed by atoms with Gasteiger partial charge in [-0.3, -0.25) is 4.79 Å². The second-order valence-electron chi connectivity index (χ2n) is 7.35. The number of benzene rings is 1. The molecule has 2 fully saturated rings. The number of nitrogens with one attached hydrogen (secondary N) is 1. The average Bonchev–Trinajstić information content (AvgIpc) is 3.23. The molecule has 2 aliphatic heterocycles. The predicted octanol–water partition coefficient (Wildman–Crippen LogP) is 2.41. The first-order valence-corrected chi connectivity index (χ1v) is 10.1. The van der Waals surface area contributed by atoms with E-state index in [4.69, 9.17) is 14.2 Å². The number of methoxy groups -OCH3 is 1. The van der Waals surface area contributed by atoms with Gasteiger partial charge in [-0.05, 0) is 36.2 Å². The highest BCUT2D eigenvalue weighted by Crippen LogP contribution is 2.32. The maximum absolute atomic E-state index is 12.4. The minimum Gasteiger partial charge on any atom is -0.497 e. The van der Waals surface area contributed by atoms with Gasteiger partial charge < -0.3 is 24.4 Å². The van der Waals surface area contributed by atoms with E-state index in [0.717, 1.165) is 49.4 Å². The lowest BCUT2D eigenvalue weighted by atomic mass is 10.0. The quantitative estimate of drug-likeness (QED) is 0.807. The van der Waals surface area contributed by atoms with E-state index >= 15 is 0 Å². The van der Waals surface area contributed by atoms with Crippen molar-refractivity contribution >= 4 is 11.6 Å². The molecule has 0 bridgehead atoms. The van der Waals surface area contributed by atoms with E-state index in [2.05, 4.69) is 15.2 Å². The molecular weight excluding hydrogens is 370 g/mol. The molecule has 0 unspecified atom stereocenters. The number of piperidine rings is 1. The molecule has 0 atom stereocenters. The van der Waals surface area contributed by atoms with Crippen molar-refractivity contribution in [2.75, 3.05) is 44.9 Å². The maximum Gasteiger partial charge on any atom is 0.269 e. The molecule has 154 valence electrons. The summed E-state index contributed by atoms with van der Waals surface area (Å²) in [5, 5.41) is 2.93. The van der Waals surface area contributed by atoms with Crippen molar-refractivity contribution in [2.45, 2.75) is 25.0 Å². The molecule has 1 aromatic carbocycles. The molecule has 1 spiro atoms. The van der Waals surface area contributed by atoms with Gasteiger partial charge in [0, 0.05) is 32.5 Å². The number of ether oxygens (including phenoxy) is 3. The molecule has 1 N–H and O–H groups in total. The molecule has 3 heterocycles. The van der Waals surface area contributed by atoms with Gasteiger partial charge in [-0.15, -0.1) is 0 Å². The molecule has 0 aliphatic carbocycles. The zero-order valence-corrected chi connectivity index (χ0v) is 16.7. The molecule has 7 heteroatoms. The Kier molecular flexibility index (Phi) is 5.97. The van der Waals surface area contributed by atoms with Crippen molar-refractivity contribution < 1.29 is 19.0 Å². The van der Waals surface area contributed by atoms with Gasteiger partial charge in [0.2, 0.25) is 0 Å². The fourth-order valence-corrected chi connectivity index (χ4v) is 3.80. The van der Waals surface area contributed by atoms with Crippen molar-refractivity contribution in [3.63, 3.8) is 0 Å².